The predicted octanol–water partition coefficient (Wildman–Crippen LogP) is -1.58. The average Bonchev–Trinajstić information content (AvgIpc) is 2.29. The van der Waals surface area contributed by atoms with Crippen molar-refractivity contribution in [1.82, 2.24) is 18.7 Å². The second-order valence-electron chi connectivity index (χ2n) is 3.93. The lowest BCUT2D eigenvalue weighted by atomic mass is 10.5. The first kappa shape index (κ1) is 13.5. The van der Waals surface area contributed by atoms with Gasteiger partial charge in [0.25, 0.3) is 0 Å². The van der Waals surface area contributed by atoms with Gasteiger partial charge in [-0.1, -0.05) is 0 Å². The van der Waals surface area contributed by atoms with Crippen LogP contribution in [0, 0.1) is 10.4 Å². The van der Waals surface area contributed by atoms with E-state index in [4.69, 9.17) is 0 Å². The normalized spacial score (nSPS) is 35.2. The lowest BCUT2D eigenvalue weighted by molar-refractivity contribution is 0.0921. The second kappa shape index (κ2) is 5.80. The van der Waals surface area contributed by atoms with E-state index >= 15 is 0 Å². The van der Waals surface area contributed by atoms with Gasteiger partial charge in [-0.25, -0.2) is 8.42 Å². The van der Waals surface area contributed by atoms with Crippen molar-refractivity contribution >= 4 is 22.0 Å². The molecule has 2 aliphatic rings. The third kappa shape index (κ3) is 3.51. The summed E-state index contributed by atoms with van der Waals surface area (Å²) in [6.07, 6.45) is 0. The Kier molecular flexibility index (Phi) is 4.60. The molecule has 2 unspecified atom stereocenters. The van der Waals surface area contributed by atoms with Crippen LogP contribution in [-0.2, 0) is 22.0 Å². The Morgan fingerprint density at radius 1 is 0.882 bits per heavy atom. The van der Waals surface area contributed by atoms with Gasteiger partial charge in [-0.05, 0) is 0 Å². The molecule has 0 N–H and O–H groups in total. The molecule has 0 saturated carbocycles. The first-order valence-electron chi connectivity index (χ1n) is 5.17. The van der Waals surface area contributed by atoms with Crippen molar-refractivity contribution in [3.05, 3.63) is 10.4 Å². The topological polar surface area (TPSA) is 93.2 Å². The van der Waals surface area contributed by atoms with Gasteiger partial charge in [0.1, 0.15) is 0 Å². The molecule has 17 heavy (non-hydrogen) atoms. The zero-order chi connectivity index (χ0) is 12.4. The molecule has 2 aliphatic heterocycles. The standard InChI is InChI=1S/C7H14N4O4S2/c12-10-6-8(1-3-16(10)14)5-9-2-4-17(15)11(13)7-9/h1-7H2/q-2. The summed E-state index contributed by atoms with van der Waals surface area (Å²) in [4.78, 5) is 3.66. The van der Waals surface area contributed by atoms with Gasteiger partial charge in [0.15, 0.2) is 0 Å². The van der Waals surface area contributed by atoms with Crippen LogP contribution in [0.1, 0.15) is 0 Å². The van der Waals surface area contributed by atoms with Crippen molar-refractivity contribution in [3.63, 3.8) is 0 Å². The van der Waals surface area contributed by atoms with Crippen molar-refractivity contribution < 1.29 is 8.42 Å². The van der Waals surface area contributed by atoms with E-state index < -0.39 is 22.0 Å². The molecule has 2 saturated heterocycles. The summed E-state index contributed by atoms with van der Waals surface area (Å²) >= 11 is 0. The van der Waals surface area contributed by atoms with Crippen molar-refractivity contribution in [2.24, 2.45) is 0 Å². The fraction of sp³-hybridized carbons (Fsp3) is 1.00. The molecule has 100 valence electrons. The van der Waals surface area contributed by atoms with Gasteiger partial charge in [0.05, 0.1) is 53.5 Å². The predicted molar refractivity (Wildman–Crippen MR) is 64.4 cm³/mol. The lowest BCUT2D eigenvalue weighted by Gasteiger charge is -2.43. The fourth-order valence-corrected chi connectivity index (χ4v) is 3.55. The lowest BCUT2D eigenvalue weighted by Crippen LogP contribution is -2.53. The number of hydrogen-bond donors (Lipinski definition) is 0. The minimum atomic E-state index is -1.43. The molecule has 0 amide bonds. The van der Waals surface area contributed by atoms with E-state index in [1.165, 1.54) is 0 Å². The molecular weight excluding hydrogens is 268 g/mol. The number of hydroxylamine groups is 2. The van der Waals surface area contributed by atoms with Crippen LogP contribution in [0.2, 0.25) is 0 Å². The van der Waals surface area contributed by atoms with Crippen molar-refractivity contribution in [3.8, 4) is 0 Å². The Labute approximate surface area is 104 Å². The van der Waals surface area contributed by atoms with Crippen LogP contribution in [0.4, 0.5) is 0 Å². The van der Waals surface area contributed by atoms with Crippen LogP contribution in [0.5, 0.6) is 0 Å². The average molecular weight is 282 g/mol. The Bertz CT molecular complexity index is 301. The number of nitrogens with zero attached hydrogens (tertiary/aromatic N) is 4. The molecule has 0 spiro atoms. The largest absolute Gasteiger partial charge is 0.773 e. The van der Waals surface area contributed by atoms with Crippen molar-refractivity contribution in [2.75, 3.05) is 44.6 Å². The molecule has 2 heterocycles. The summed E-state index contributed by atoms with van der Waals surface area (Å²) < 4.78 is 23.3. The van der Waals surface area contributed by atoms with Gasteiger partial charge in [-0.15, -0.1) is 0 Å². The summed E-state index contributed by atoms with van der Waals surface area (Å²) in [5.74, 6) is 0.648. The van der Waals surface area contributed by atoms with Crippen LogP contribution in [-0.4, -0.2) is 71.8 Å². The molecule has 0 bridgehead atoms. The van der Waals surface area contributed by atoms with Gasteiger partial charge in [-0.2, -0.15) is 0 Å². The van der Waals surface area contributed by atoms with Crippen molar-refractivity contribution in [2.45, 2.75) is 0 Å². The molecule has 8 nitrogen and oxygen atoms in total. The summed E-state index contributed by atoms with van der Waals surface area (Å²) in [5, 5.41) is 22.4. The van der Waals surface area contributed by atoms with E-state index in [1.807, 2.05) is 9.80 Å². The molecular formula is C7H14N4O4S2-2. The molecule has 0 aromatic carbocycles. The highest BCUT2D eigenvalue weighted by Gasteiger charge is 2.22. The highest BCUT2D eigenvalue weighted by molar-refractivity contribution is 7.83. The monoisotopic (exact) mass is 282 g/mol. The maximum Gasteiger partial charge on any atom is 0.0845 e. The van der Waals surface area contributed by atoms with E-state index in [0.29, 0.717) is 40.2 Å². The van der Waals surface area contributed by atoms with E-state index in [0.717, 1.165) is 0 Å². The maximum atomic E-state index is 11.2. The van der Waals surface area contributed by atoms with Crippen LogP contribution in [0.25, 0.3) is 0 Å². The Balaban J connectivity index is 1.81. The molecule has 0 aromatic rings. The summed E-state index contributed by atoms with van der Waals surface area (Å²) in [6.45, 7) is 1.79. The van der Waals surface area contributed by atoms with E-state index in [2.05, 4.69) is 0 Å². The minimum Gasteiger partial charge on any atom is -0.773 e. The molecule has 2 fully saturated rings. The van der Waals surface area contributed by atoms with Crippen LogP contribution in [0.3, 0.4) is 0 Å². The van der Waals surface area contributed by atoms with Gasteiger partial charge in [0.2, 0.25) is 0 Å². The zero-order valence-corrected chi connectivity index (χ0v) is 10.8. The number of hydrogen-bond acceptors (Lipinski definition) is 6. The third-order valence-corrected chi connectivity index (χ3v) is 4.85. The van der Waals surface area contributed by atoms with E-state index in [-0.39, 0.29) is 13.3 Å². The summed E-state index contributed by atoms with van der Waals surface area (Å²) in [6, 6.07) is 0. The molecule has 0 radical (unpaired) electrons. The first-order valence-corrected chi connectivity index (χ1v) is 7.72. The van der Waals surface area contributed by atoms with Gasteiger partial charge < -0.3 is 10.4 Å². The second-order valence-corrected chi connectivity index (χ2v) is 6.85. The van der Waals surface area contributed by atoms with Gasteiger partial charge in [0, 0.05) is 13.1 Å². The van der Waals surface area contributed by atoms with E-state index in [1.54, 1.807) is 0 Å². The number of rotatable bonds is 2. The van der Waals surface area contributed by atoms with Crippen LogP contribution >= 0.6 is 0 Å². The highest BCUT2D eigenvalue weighted by Crippen LogP contribution is 2.10. The molecule has 0 aromatic heterocycles. The molecule has 10 heteroatoms. The quantitative estimate of drug-likeness (QED) is 0.606. The SMILES string of the molecule is O=S1CCN(CN2CCS(=O)N([O-])C2)CN1[O-]. The summed E-state index contributed by atoms with van der Waals surface area (Å²) in [7, 11) is -2.86. The van der Waals surface area contributed by atoms with Gasteiger partial charge in [-0.3, -0.25) is 18.7 Å². The Morgan fingerprint density at radius 2 is 1.29 bits per heavy atom. The van der Waals surface area contributed by atoms with Gasteiger partial charge >= 0.3 is 0 Å². The minimum absolute atomic E-state index is 0.0884. The Morgan fingerprint density at radius 3 is 1.65 bits per heavy atom. The fourth-order valence-electron chi connectivity index (χ4n) is 1.73. The maximum absolute atomic E-state index is 11.2. The summed E-state index contributed by atoms with van der Waals surface area (Å²) in [5.41, 5.74) is 0. The molecule has 0 aliphatic carbocycles. The molecule has 2 atom stereocenters. The first-order chi connectivity index (χ1) is 8.06. The highest BCUT2D eigenvalue weighted by atomic mass is 32.2. The zero-order valence-electron chi connectivity index (χ0n) is 9.19. The van der Waals surface area contributed by atoms with E-state index in [9.17, 15) is 18.8 Å². The smallest absolute Gasteiger partial charge is 0.0845 e. The molecule has 2 rings (SSSR count). The third-order valence-electron chi connectivity index (χ3n) is 2.65. The van der Waals surface area contributed by atoms with Crippen LogP contribution in [0.15, 0.2) is 0 Å². The van der Waals surface area contributed by atoms with Crippen molar-refractivity contribution in [1.29, 1.82) is 0 Å². The van der Waals surface area contributed by atoms with Crippen LogP contribution < -0.4 is 0 Å². The Hall–Kier alpha value is 0.0600.